The molecule has 5 aromatic carbocycles. The lowest BCUT2D eigenvalue weighted by Crippen LogP contribution is -2.55. The van der Waals surface area contributed by atoms with Crippen LogP contribution < -0.4 is 55.3 Å². The first-order valence-corrected chi connectivity index (χ1v) is 35.1. The smallest absolute Gasteiger partial charge is 0.416 e. The van der Waals surface area contributed by atoms with Crippen LogP contribution in [0.4, 0.5) is 27.5 Å². The van der Waals surface area contributed by atoms with Gasteiger partial charge in [0.2, 0.25) is 35.4 Å². The van der Waals surface area contributed by atoms with Crippen LogP contribution in [0, 0.1) is 11.3 Å². The maximum atomic E-state index is 14.5. The highest BCUT2D eigenvalue weighted by Gasteiger charge is 2.58. The number of aliphatic imine (C=N–C) groups is 1. The summed E-state index contributed by atoms with van der Waals surface area (Å²) < 4.78 is 31.5. The van der Waals surface area contributed by atoms with Gasteiger partial charge in [-0.3, -0.25) is 43.3 Å². The van der Waals surface area contributed by atoms with Gasteiger partial charge in [-0.15, -0.1) is 5.10 Å². The Kier molecular flexibility index (Phi) is 21.8. The molecule has 2 saturated heterocycles. The first-order valence-electron chi connectivity index (χ1n) is 35.1. The third-order valence-corrected chi connectivity index (χ3v) is 19.7. The Morgan fingerprint density at radius 1 is 0.692 bits per heavy atom. The zero-order valence-electron chi connectivity index (χ0n) is 59.3. The number of hydrogen-bond acceptors (Lipinski definition) is 18. The van der Waals surface area contributed by atoms with Gasteiger partial charge in [0.1, 0.15) is 24.4 Å². The molecule has 546 valence electrons. The van der Waals surface area contributed by atoms with Crippen molar-refractivity contribution in [2.75, 3.05) is 68.7 Å². The Morgan fingerprint density at radius 3 is 2.06 bits per heavy atom. The molecule has 9 amide bonds. The van der Waals surface area contributed by atoms with Crippen molar-refractivity contribution in [3.63, 3.8) is 0 Å². The Bertz CT molecular complexity index is 4380. The molecule has 28 heteroatoms. The number of aliphatic hydroxyl groups is 1. The maximum absolute atomic E-state index is 14.5. The van der Waals surface area contributed by atoms with E-state index in [1.807, 2.05) is 67.1 Å². The molecule has 6 aliphatic rings. The summed E-state index contributed by atoms with van der Waals surface area (Å²) in [7, 11) is 2.97. The summed E-state index contributed by atoms with van der Waals surface area (Å²) >= 11 is 0. The second kappa shape index (κ2) is 31.2. The summed E-state index contributed by atoms with van der Waals surface area (Å²) in [4.78, 5) is 133. The van der Waals surface area contributed by atoms with Gasteiger partial charge in [-0.1, -0.05) is 85.8 Å². The fraction of sp³-hybridized carbons (Fsp3) is 0.421. The average Bonchev–Trinajstić information content (AvgIpc) is 1.55. The number of rotatable bonds is 26. The van der Waals surface area contributed by atoms with E-state index >= 15 is 0 Å². The number of anilines is 3. The van der Waals surface area contributed by atoms with Crippen LogP contribution in [0.1, 0.15) is 130 Å². The SMILES string of the molecule is C=C1C[C@H]2C=Nc3cc(OCCCCCOc4cc5c(cc4OC)C(=O)N4CC6(CC6)C[C@H]4C(O)N5C(=O)OCc4ccc(NC(=O)[C@H](C)NC(=O)[C@@H](NC(=O)CNC(=O)CNC(=O)CCC(=O)N5Cc6ccccc6-c6nnn(C(C)C)c6-c6ccccc65)C(C)C)cc4)c(OC)cc3C(=O)N2C1. The number of amides is 9. The van der Waals surface area contributed by atoms with Gasteiger partial charge in [0.15, 0.2) is 29.2 Å². The minimum Gasteiger partial charge on any atom is -0.493 e. The number of ether oxygens (including phenoxy) is 5. The minimum atomic E-state index is -1.48. The first kappa shape index (κ1) is 72.6. The molecular weight excluding hydrogens is 1330 g/mol. The van der Waals surface area contributed by atoms with Gasteiger partial charge in [-0.25, -0.2) is 14.4 Å². The van der Waals surface area contributed by atoms with E-state index in [-0.39, 0.29) is 90.6 Å². The van der Waals surface area contributed by atoms with Crippen LogP contribution in [0.3, 0.4) is 0 Å². The molecule has 1 spiro atoms. The number of fused-ring (bicyclic) bond motifs is 9. The van der Waals surface area contributed by atoms with Crippen molar-refractivity contribution in [2.24, 2.45) is 16.3 Å². The molecule has 0 radical (unpaired) electrons. The number of aromatic nitrogens is 3. The predicted octanol–water partition coefficient (Wildman–Crippen LogP) is 7.94. The van der Waals surface area contributed by atoms with E-state index in [0.29, 0.717) is 97.2 Å². The Morgan fingerprint density at radius 2 is 1.36 bits per heavy atom. The van der Waals surface area contributed by atoms with Gasteiger partial charge in [0.05, 0.1) is 93.0 Å². The van der Waals surface area contributed by atoms with Crippen LogP contribution in [0.15, 0.2) is 114 Å². The number of carbonyl (C=O) groups excluding carboxylic acids is 9. The van der Waals surface area contributed by atoms with Crippen LogP contribution in [0.5, 0.6) is 23.0 Å². The molecule has 6 aromatic rings. The summed E-state index contributed by atoms with van der Waals surface area (Å²) in [6.45, 7) is 13.3. The van der Waals surface area contributed by atoms with Crippen LogP contribution in [-0.2, 0) is 46.7 Å². The van der Waals surface area contributed by atoms with E-state index in [1.165, 1.54) is 33.3 Å². The standard InChI is InChI=1S/C76H87N13O15/c1-43(2)67(82-65(92)38-79-64(91)37-78-63(90)24-25-66(93)86-40-48-16-10-11-17-51(48)68-69(89(44(3)4)84-83-68)52-18-12-13-19-56(52)86)71(95)80-46(6)70(94)81-49-22-20-47(21-23-49)41-104-75(99)88-57-34-62(60(101-8)32-54(57)73(97)87-42-76(26-27-76)35-58(87)74(88)98)103-29-15-9-14-28-102-61-33-55-53(31-59(61)100-7)72(96)85-39-45(5)30-50(85)36-77-55/h10-13,16-23,31-34,36,43-44,46,50,58,67,74,98H,5,9,14-15,24-30,35,37-42H2,1-4,6-8H3,(H,78,90)(H,79,91)(H,80,95)(H,81,94)(H,82,92)/t46-,50-,58-,67-,74?/m0/s1. The number of benzene rings is 5. The fourth-order valence-electron chi connectivity index (χ4n) is 13.8. The van der Waals surface area contributed by atoms with E-state index in [0.717, 1.165) is 45.7 Å². The van der Waals surface area contributed by atoms with Gasteiger partial charge < -0.3 is 70.1 Å². The van der Waals surface area contributed by atoms with Crippen LogP contribution in [0.25, 0.3) is 22.5 Å². The molecule has 1 saturated carbocycles. The Hall–Kier alpha value is -11.2. The molecule has 28 nitrogen and oxygen atoms in total. The molecule has 1 unspecified atom stereocenters. The van der Waals surface area contributed by atoms with Crippen molar-refractivity contribution >= 4 is 82.3 Å². The zero-order valence-corrected chi connectivity index (χ0v) is 59.3. The molecule has 1 aromatic heterocycles. The average molecular weight is 1420 g/mol. The number of aliphatic hydroxyl groups excluding tert-OH is 1. The normalized spacial score (nSPS) is 17.8. The van der Waals surface area contributed by atoms with Gasteiger partial charge in [-0.2, -0.15) is 0 Å². The Labute approximate surface area is 601 Å². The molecule has 12 rings (SSSR count). The lowest BCUT2D eigenvalue weighted by Gasteiger charge is -2.31. The van der Waals surface area contributed by atoms with Gasteiger partial charge in [-0.05, 0) is 119 Å². The lowest BCUT2D eigenvalue weighted by molar-refractivity contribution is -0.132. The molecular formula is C76H87N13O15. The van der Waals surface area contributed by atoms with E-state index in [9.17, 15) is 48.3 Å². The molecule has 0 bridgehead atoms. The first-order chi connectivity index (χ1) is 50.0. The lowest BCUT2D eigenvalue weighted by atomic mass is 9.95. The number of unbranched alkanes of at least 4 members (excludes halogenated alkanes) is 2. The van der Waals surface area contributed by atoms with Crippen LogP contribution in [0.2, 0.25) is 0 Å². The zero-order chi connectivity index (χ0) is 73.7. The van der Waals surface area contributed by atoms with Crippen molar-refractivity contribution in [1.82, 2.24) is 46.1 Å². The van der Waals surface area contributed by atoms with E-state index in [2.05, 4.69) is 48.5 Å². The summed E-state index contributed by atoms with van der Waals surface area (Å²) in [6, 6.07) is 24.9. The van der Waals surface area contributed by atoms with Crippen molar-refractivity contribution < 1.29 is 71.9 Å². The van der Waals surface area contributed by atoms with Crippen molar-refractivity contribution in [3.05, 3.63) is 131 Å². The van der Waals surface area contributed by atoms with E-state index in [1.54, 1.807) is 71.2 Å². The quantitative estimate of drug-likeness (QED) is 0.0222. The van der Waals surface area contributed by atoms with Gasteiger partial charge in [0.25, 0.3) is 11.8 Å². The van der Waals surface area contributed by atoms with Gasteiger partial charge in [0, 0.05) is 67.1 Å². The number of carbonyl (C=O) groups is 9. The maximum Gasteiger partial charge on any atom is 0.416 e. The molecule has 1 aliphatic carbocycles. The second-order valence-electron chi connectivity index (χ2n) is 27.8. The third-order valence-electron chi connectivity index (χ3n) is 19.7. The number of para-hydroxylation sites is 1. The monoisotopic (exact) mass is 1420 g/mol. The Balaban J connectivity index is 0.591. The van der Waals surface area contributed by atoms with Crippen LogP contribution >= 0.6 is 0 Å². The summed E-state index contributed by atoms with van der Waals surface area (Å²) in [5.74, 6) is -3.07. The van der Waals surface area contributed by atoms with Crippen molar-refractivity contribution in [3.8, 4) is 45.5 Å². The molecule has 3 fully saturated rings. The highest BCUT2D eigenvalue weighted by atomic mass is 16.6. The molecule has 6 N–H and O–H groups in total. The largest absolute Gasteiger partial charge is 0.493 e. The van der Waals surface area contributed by atoms with E-state index in [4.69, 9.17) is 23.7 Å². The predicted molar refractivity (Wildman–Crippen MR) is 385 cm³/mol. The molecule has 5 aliphatic heterocycles. The van der Waals surface area contributed by atoms with E-state index < -0.39 is 79.0 Å². The highest BCUT2D eigenvalue weighted by molar-refractivity contribution is 6.07. The number of nitrogens with zero attached hydrogens (tertiary/aromatic N) is 8. The molecule has 5 atom stereocenters. The fourth-order valence-corrected chi connectivity index (χ4v) is 13.8. The summed E-state index contributed by atoms with van der Waals surface area (Å²) in [5, 5.41) is 34.1. The topological polar surface area (TPSA) is 336 Å². The molecule has 104 heavy (non-hydrogen) atoms. The summed E-state index contributed by atoms with van der Waals surface area (Å²) in [6.07, 6.45) is 3.87. The number of methoxy groups -OCH3 is 2. The number of nitrogens with one attached hydrogen (secondary N) is 5. The van der Waals surface area contributed by atoms with Gasteiger partial charge >= 0.3 is 6.09 Å². The second-order valence-corrected chi connectivity index (χ2v) is 27.8. The van der Waals surface area contributed by atoms with Crippen LogP contribution in [-0.4, -0.2) is 173 Å². The summed E-state index contributed by atoms with van der Waals surface area (Å²) in [5.41, 5.74) is 7.46. The highest BCUT2D eigenvalue weighted by Crippen LogP contribution is 2.57. The van der Waals surface area contributed by atoms with Crippen molar-refractivity contribution in [1.29, 1.82) is 0 Å². The minimum absolute atomic E-state index is 0.0271. The number of hydrogen-bond donors (Lipinski definition) is 6. The third kappa shape index (κ3) is 15.7. The molecule has 6 heterocycles. The van der Waals surface area contributed by atoms with Crippen molar-refractivity contribution in [2.45, 2.75) is 142 Å².